The fourth-order valence-electron chi connectivity index (χ4n) is 1.73. The van der Waals surface area contributed by atoms with Crippen molar-refractivity contribution in [3.63, 3.8) is 0 Å². The Kier molecular flexibility index (Phi) is 4.30. The smallest absolute Gasteiger partial charge is 0.414 e. The molecule has 0 radical (unpaired) electrons. The van der Waals surface area contributed by atoms with Crippen molar-refractivity contribution in [1.29, 1.82) is 0 Å². The first-order chi connectivity index (χ1) is 10.7. The van der Waals surface area contributed by atoms with E-state index in [1.807, 2.05) is 0 Å². The van der Waals surface area contributed by atoms with Crippen LogP contribution in [0.3, 0.4) is 0 Å². The minimum absolute atomic E-state index is 0.0518. The van der Waals surface area contributed by atoms with Crippen LogP contribution in [0.25, 0.3) is 11.3 Å². The fraction of sp³-hybridized carbons (Fsp3) is 0.357. The zero-order valence-electron chi connectivity index (χ0n) is 13.2. The highest BCUT2D eigenvalue weighted by Crippen LogP contribution is 2.18. The molecule has 0 fully saturated rings. The SMILES string of the molecule is Cn1nc(-c2cnc(NC(=O)OC(C)(C)C)nc2)cc1C(=O)O. The Balaban J connectivity index is 2.12. The van der Waals surface area contributed by atoms with Gasteiger partial charge in [0.2, 0.25) is 5.95 Å². The monoisotopic (exact) mass is 319 g/mol. The Hall–Kier alpha value is -2.97. The van der Waals surface area contributed by atoms with E-state index in [0.29, 0.717) is 11.3 Å². The molecule has 9 nitrogen and oxygen atoms in total. The number of carbonyl (C=O) groups excluding carboxylic acids is 1. The number of aromatic nitrogens is 4. The van der Waals surface area contributed by atoms with E-state index in [1.54, 1.807) is 20.8 Å². The van der Waals surface area contributed by atoms with Gasteiger partial charge in [-0.15, -0.1) is 0 Å². The van der Waals surface area contributed by atoms with Crippen molar-refractivity contribution >= 4 is 18.0 Å². The summed E-state index contributed by atoms with van der Waals surface area (Å²) < 4.78 is 6.35. The molecule has 0 spiro atoms. The molecule has 0 bridgehead atoms. The van der Waals surface area contributed by atoms with Crippen LogP contribution >= 0.6 is 0 Å². The van der Waals surface area contributed by atoms with Gasteiger partial charge < -0.3 is 9.84 Å². The number of hydrogen-bond donors (Lipinski definition) is 2. The molecular weight excluding hydrogens is 302 g/mol. The van der Waals surface area contributed by atoms with E-state index in [-0.39, 0.29) is 11.6 Å². The molecule has 2 N–H and O–H groups in total. The number of ether oxygens (including phenoxy) is 1. The number of nitrogens with one attached hydrogen (secondary N) is 1. The molecular formula is C14H17N5O4. The van der Waals surface area contributed by atoms with Crippen molar-refractivity contribution in [2.45, 2.75) is 26.4 Å². The zero-order valence-corrected chi connectivity index (χ0v) is 13.2. The number of amides is 1. The van der Waals surface area contributed by atoms with Crippen LogP contribution < -0.4 is 5.32 Å². The molecule has 122 valence electrons. The number of rotatable bonds is 3. The summed E-state index contributed by atoms with van der Waals surface area (Å²) in [7, 11) is 1.53. The first kappa shape index (κ1) is 16.4. The maximum Gasteiger partial charge on any atom is 0.414 e. The second-order valence-corrected chi connectivity index (χ2v) is 5.77. The molecule has 0 atom stereocenters. The Bertz CT molecular complexity index is 731. The van der Waals surface area contributed by atoms with E-state index in [4.69, 9.17) is 9.84 Å². The van der Waals surface area contributed by atoms with E-state index >= 15 is 0 Å². The van der Waals surface area contributed by atoms with Crippen LogP contribution in [0, 0.1) is 0 Å². The van der Waals surface area contributed by atoms with Crippen LogP contribution in [0.15, 0.2) is 18.5 Å². The Morgan fingerprint density at radius 1 is 1.26 bits per heavy atom. The predicted molar refractivity (Wildman–Crippen MR) is 81.1 cm³/mol. The van der Waals surface area contributed by atoms with Crippen molar-refractivity contribution in [3.05, 3.63) is 24.2 Å². The third-order valence-electron chi connectivity index (χ3n) is 2.66. The molecule has 23 heavy (non-hydrogen) atoms. The van der Waals surface area contributed by atoms with Crippen molar-refractivity contribution < 1.29 is 19.4 Å². The minimum Gasteiger partial charge on any atom is -0.477 e. The van der Waals surface area contributed by atoms with Crippen LogP contribution in [0.4, 0.5) is 10.7 Å². The lowest BCUT2D eigenvalue weighted by Crippen LogP contribution is -2.27. The molecule has 0 aliphatic heterocycles. The topological polar surface area (TPSA) is 119 Å². The Labute approximate surface area is 132 Å². The van der Waals surface area contributed by atoms with Gasteiger partial charge in [0.1, 0.15) is 11.3 Å². The van der Waals surface area contributed by atoms with E-state index in [0.717, 1.165) is 0 Å². The normalized spacial score (nSPS) is 11.1. The summed E-state index contributed by atoms with van der Waals surface area (Å²) in [6.07, 6.45) is 2.22. The van der Waals surface area contributed by atoms with Crippen LogP contribution in [0.5, 0.6) is 0 Å². The summed E-state index contributed by atoms with van der Waals surface area (Å²) in [4.78, 5) is 30.6. The van der Waals surface area contributed by atoms with Gasteiger partial charge in [0, 0.05) is 25.0 Å². The number of hydrogen-bond acceptors (Lipinski definition) is 6. The first-order valence-corrected chi connectivity index (χ1v) is 6.75. The molecule has 1 amide bonds. The van der Waals surface area contributed by atoms with Gasteiger partial charge in [-0.2, -0.15) is 5.10 Å². The molecule has 2 rings (SSSR count). The van der Waals surface area contributed by atoms with Gasteiger partial charge in [0.15, 0.2) is 0 Å². The summed E-state index contributed by atoms with van der Waals surface area (Å²) in [6, 6.07) is 1.42. The third-order valence-corrected chi connectivity index (χ3v) is 2.66. The second-order valence-electron chi connectivity index (χ2n) is 5.77. The molecule has 0 aliphatic carbocycles. The molecule has 9 heteroatoms. The summed E-state index contributed by atoms with van der Waals surface area (Å²) in [5, 5.41) is 15.5. The standard InChI is InChI=1S/C14H17N5O4/c1-14(2,3)23-13(22)17-12-15-6-8(7-16-12)9-5-10(11(20)21)19(4)18-9/h5-7H,1-4H3,(H,20,21)(H,15,16,17,22). The van der Waals surface area contributed by atoms with E-state index in [9.17, 15) is 9.59 Å². The number of carbonyl (C=O) groups is 2. The molecule has 0 saturated heterocycles. The van der Waals surface area contributed by atoms with Crippen LogP contribution in [-0.4, -0.2) is 42.5 Å². The summed E-state index contributed by atoms with van der Waals surface area (Å²) in [5.41, 5.74) is 0.387. The lowest BCUT2D eigenvalue weighted by Gasteiger charge is -2.19. The number of aromatic carboxylic acids is 1. The average molecular weight is 319 g/mol. The maximum atomic E-state index is 11.6. The third kappa shape index (κ3) is 4.25. The van der Waals surface area contributed by atoms with Gasteiger partial charge in [-0.25, -0.2) is 19.6 Å². The maximum absolute atomic E-state index is 11.6. The summed E-state index contributed by atoms with van der Waals surface area (Å²) in [6.45, 7) is 5.24. The first-order valence-electron chi connectivity index (χ1n) is 6.75. The van der Waals surface area contributed by atoms with Crippen molar-refractivity contribution in [2.24, 2.45) is 7.05 Å². The highest BCUT2D eigenvalue weighted by atomic mass is 16.6. The Morgan fingerprint density at radius 2 is 1.87 bits per heavy atom. The van der Waals surface area contributed by atoms with E-state index in [1.165, 1.54) is 30.2 Å². The lowest BCUT2D eigenvalue weighted by molar-refractivity contribution is 0.0632. The van der Waals surface area contributed by atoms with Gasteiger partial charge in [0.25, 0.3) is 0 Å². The molecule has 2 aromatic heterocycles. The fourth-order valence-corrected chi connectivity index (χ4v) is 1.73. The number of carboxylic acids is 1. The predicted octanol–water partition coefficient (Wildman–Crippen LogP) is 1.92. The molecule has 0 aliphatic rings. The molecule has 0 aromatic carbocycles. The van der Waals surface area contributed by atoms with Crippen molar-refractivity contribution in [2.75, 3.05) is 5.32 Å². The summed E-state index contributed by atoms with van der Waals surface area (Å²) in [5.74, 6) is -0.993. The van der Waals surface area contributed by atoms with Crippen LogP contribution in [-0.2, 0) is 11.8 Å². The minimum atomic E-state index is -1.07. The largest absolute Gasteiger partial charge is 0.477 e. The number of nitrogens with zero attached hydrogens (tertiary/aromatic N) is 4. The number of anilines is 1. The van der Waals surface area contributed by atoms with Gasteiger partial charge in [-0.05, 0) is 26.8 Å². The van der Waals surface area contributed by atoms with Gasteiger partial charge >= 0.3 is 12.1 Å². The lowest BCUT2D eigenvalue weighted by atomic mass is 10.2. The van der Waals surface area contributed by atoms with Crippen molar-refractivity contribution in [3.8, 4) is 11.3 Å². The molecule has 0 unspecified atom stereocenters. The van der Waals surface area contributed by atoms with Gasteiger partial charge in [-0.3, -0.25) is 10.00 Å². The number of aryl methyl sites for hydroxylation is 1. The van der Waals surface area contributed by atoms with Crippen LogP contribution in [0.2, 0.25) is 0 Å². The highest BCUT2D eigenvalue weighted by Gasteiger charge is 2.17. The summed E-state index contributed by atoms with van der Waals surface area (Å²) >= 11 is 0. The van der Waals surface area contributed by atoms with Gasteiger partial charge in [0.05, 0.1) is 5.69 Å². The van der Waals surface area contributed by atoms with E-state index < -0.39 is 17.7 Å². The van der Waals surface area contributed by atoms with Gasteiger partial charge in [-0.1, -0.05) is 0 Å². The quantitative estimate of drug-likeness (QED) is 0.886. The molecule has 2 aromatic rings. The zero-order chi connectivity index (χ0) is 17.2. The second kappa shape index (κ2) is 6.03. The van der Waals surface area contributed by atoms with Crippen LogP contribution in [0.1, 0.15) is 31.3 Å². The Morgan fingerprint density at radius 3 is 2.35 bits per heavy atom. The molecule has 0 saturated carbocycles. The molecule has 2 heterocycles. The average Bonchev–Trinajstić information content (AvgIpc) is 2.79. The van der Waals surface area contributed by atoms with Crippen molar-refractivity contribution in [1.82, 2.24) is 19.7 Å². The number of carboxylic acid groups (broad SMARTS) is 1. The van der Waals surface area contributed by atoms with E-state index in [2.05, 4.69) is 20.4 Å². The highest BCUT2D eigenvalue weighted by molar-refractivity contribution is 5.87.